The van der Waals surface area contributed by atoms with Gasteiger partial charge in [0.25, 0.3) is 5.91 Å². The van der Waals surface area contributed by atoms with Crippen molar-refractivity contribution in [1.29, 1.82) is 0 Å². The highest BCUT2D eigenvalue weighted by molar-refractivity contribution is 6.44. The number of rotatable bonds is 5. The predicted molar refractivity (Wildman–Crippen MR) is 124 cm³/mol. The molecule has 1 N–H and O–H groups in total. The van der Waals surface area contributed by atoms with Crippen LogP contribution < -0.4 is 10.2 Å². The molecule has 2 aliphatic rings. The maximum absolute atomic E-state index is 13.3. The second kappa shape index (κ2) is 9.92. The number of amides is 2. The minimum Gasteiger partial charge on any atom is -0.455 e. The number of nitrogens with zero attached hydrogens (tertiary/aromatic N) is 1. The molecule has 6 nitrogen and oxygen atoms in total. The zero-order valence-corrected chi connectivity index (χ0v) is 19.0. The third-order valence-corrected chi connectivity index (χ3v) is 6.93. The molecule has 1 heterocycles. The van der Waals surface area contributed by atoms with E-state index in [1.165, 1.54) is 0 Å². The van der Waals surface area contributed by atoms with Crippen LogP contribution in [0.2, 0.25) is 10.0 Å². The Morgan fingerprint density at radius 3 is 2.56 bits per heavy atom. The molecule has 2 amide bonds. The molecule has 1 aliphatic heterocycles. The van der Waals surface area contributed by atoms with Gasteiger partial charge in [-0.2, -0.15) is 0 Å². The summed E-state index contributed by atoms with van der Waals surface area (Å²) in [5.41, 5.74) is 2.42. The van der Waals surface area contributed by atoms with E-state index in [0.717, 1.165) is 30.5 Å². The Morgan fingerprint density at radius 1 is 1.00 bits per heavy atom. The summed E-state index contributed by atoms with van der Waals surface area (Å²) >= 11 is 12.0. The third-order valence-electron chi connectivity index (χ3n) is 6.11. The van der Waals surface area contributed by atoms with Crippen LogP contribution in [0.1, 0.15) is 31.2 Å². The Kier molecular flexibility index (Phi) is 7.01. The molecule has 168 valence electrons. The summed E-state index contributed by atoms with van der Waals surface area (Å²) in [6.07, 6.45) is 3.78. The molecule has 1 saturated carbocycles. The van der Waals surface area contributed by atoms with Crippen molar-refractivity contribution in [2.24, 2.45) is 11.8 Å². The quantitative estimate of drug-likeness (QED) is 0.627. The van der Waals surface area contributed by atoms with Crippen LogP contribution in [-0.2, 0) is 25.5 Å². The minimum atomic E-state index is -0.549. The van der Waals surface area contributed by atoms with Crippen molar-refractivity contribution in [2.75, 3.05) is 23.4 Å². The number of benzene rings is 2. The molecule has 0 aromatic heterocycles. The lowest BCUT2D eigenvalue weighted by molar-refractivity contribution is -0.156. The fourth-order valence-corrected chi connectivity index (χ4v) is 4.85. The van der Waals surface area contributed by atoms with Crippen LogP contribution in [0.5, 0.6) is 0 Å². The van der Waals surface area contributed by atoms with E-state index in [4.69, 9.17) is 27.9 Å². The second-order valence-corrected chi connectivity index (χ2v) is 8.91. The smallest absolute Gasteiger partial charge is 0.310 e. The van der Waals surface area contributed by atoms with Gasteiger partial charge in [-0.3, -0.25) is 14.4 Å². The molecule has 4 rings (SSSR count). The fraction of sp³-hybridized carbons (Fsp3) is 0.375. The largest absolute Gasteiger partial charge is 0.455 e. The molecule has 0 unspecified atom stereocenters. The number of hydrogen-bond donors (Lipinski definition) is 1. The number of nitrogens with one attached hydrogen (secondary N) is 1. The SMILES string of the molecule is O=C(COC(=O)[C@H]1CCCC[C@H]1C(=O)N1CCc2ccccc21)Nc1cccc(Cl)c1Cl. The van der Waals surface area contributed by atoms with Gasteiger partial charge in [-0.1, -0.05) is 60.3 Å². The molecule has 32 heavy (non-hydrogen) atoms. The number of anilines is 2. The third kappa shape index (κ3) is 4.76. The van der Waals surface area contributed by atoms with Crippen LogP contribution in [0.15, 0.2) is 42.5 Å². The first-order chi connectivity index (χ1) is 15.5. The van der Waals surface area contributed by atoms with Crippen molar-refractivity contribution in [3.8, 4) is 0 Å². The highest BCUT2D eigenvalue weighted by Gasteiger charge is 2.40. The number of carbonyl (C=O) groups excluding carboxylic acids is 3. The molecule has 1 fully saturated rings. The van der Waals surface area contributed by atoms with E-state index in [-0.39, 0.29) is 10.9 Å². The molecule has 1 aliphatic carbocycles. The molecular formula is C24H24Cl2N2O4. The van der Waals surface area contributed by atoms with Gasteiger partial charge in [0, 0.05) is 12.2 Å². The van der Waals surface area contributed by atoms with Crippen LogP contribution in [0.4, 0.5) is 11.4 Å². The van der Waals surface area contributed by atoms with E-state index >= 15 is 0 Å². The maximum atomic E-state index is 13.3. The summed E-state index contributed by atoms with van der Waals surface area (Å²) in [6.45, 7) is 0.172. The second-order valence-electron chi connectivity index (χ2n) is 8.12. The van der Waals surface area contributed by atoms with Crippen LogP contribution >= 0.6 is 23.2 Å². The lowest BCUT2D eigenvalue weighted by Crippen LogP contribution is -2.42. The van der Waals surface area contributed by atoms with Crippen molar-refractivity contribution in [1.82, 2.24) is 0 Å². The van der Waals surface area contributed by atoms with E-state index < -0.39 is 30.3 Å². The standard InChI is InChI=1S/C24H24Cl2N2O4/c25-18-9-5-10-19(22(18)26)27-21(29)14-32-24(31)17-8-3-2-7-16(17)23(30)28-13-12-15-6-1-4-11-20(15)28/h1,4-6,9-11,16-17H,2-3,7-8,12-14H2,(H,27,29)/t16-,17+/m1/s1. The van der Waals surface area contributed by atoms with Crippen molar-refractivity contribution in [2.45, 2.75) is 32.1 Å². The van der Waals surface area contributed by atoms with Gasteiger partial charge >= 0.3 is 5.97 Å². The van der Waals surface area contributed by atoms with Crippen LogP contribution in [-0.4, -0.2) is 30.9 Å². The summed E-state index contributed by atoms with van der Waals surface area (Å²) in [5.74, 6) is -2.05. The average Bonchev–Trinajstić information content (AvgIpc) is 3.24. The lowest BCUT2D eigenvalue weighted by atomic mass is 9.78. The number of halogens is 2. The van der Waals surface area contributed by atoms with Gasteiger partial charge < -0.3 is 15.0 Å². The van der Waals surface area contributed by atoms with E-state index in [1.54, 1.807) is 23.1 Å². The Bertz CT molecular complexity index is 1040. The van der Waals surface area contributed by atoms with E-state index in [2.05, 4.69) is 5.32 Å². The van der Waals surface area contributed by atoms with Gasteiger partial charge in [0.15, 0.2) is 6.61 Å². The van der Waals surface area contributed by atoms with Gasteiger partial charge in [0.1, 0.15) is 0 Å². The maximum Gasteiger partial charge on any atom is 0.310 e. The molecule has 2 aromatic carbocycles. The molecule has 0 saturated heterocycles. The van der Waals surface area contributed by atoms with Crippen molar-refractivity contribution in [3.05, 3.63) is 58.1 Å². The molecule has 2 atom stereocenters. The Morgan fingerprint density at radius 2 is 1.75 bits per heavy atom. The first kappa shape index (κ1) is 22.6. The Balaban J connectivity index is 1.38. The minimum absolute atomic E-state index is 0.0354. The molecular weight excluding hydrogens is 451 g/mol. The zero-order chi connectivity index (χ0) is 22.7. The highest BCUT2D eigenvalue weighted by atomic mass is 35.5. The normalized spacial score (nSPS) is 19.9. The highest BCUT2D eigenvalue weighted by Crippen LogP contribution is 2.36. The van der Waals surface area contributed by atoms with E-state index in [1.807, 2.05) is 24.3 Å². The summed E-state index contributed by atoms with van der Waals surface area (Å²) in [7, 11) is 0. The monoisotopic (exact) mass is 474 g/mol. The fourth-order valence-electron chi connectivity index (χ4n) is 4.51. The average molecular weight is 475 g/mol. The molecule has 0 radical (unpaired) electrons. The van der Waals surface area contributed by atoms with Crippen LogP contribution in [0.25, 0.3) is 0 Å². The predicted octanol–water partition coefficient (Wildman–Crippen LogP) is 4.87. The van der Waals surface area contributed by atoms with Crippen molar-refractivity contribution < 1.29 is 19.1 Å². The van der Waals surface area contributed by atoms with Crippen LogP contribution in [0, 0.1) is 11.8 Å². The van der Waals surface area contributed by atoms with Gasteiger partial charge in [-0.15, -0.1) is 0 Å². The number of carbonyl (C=O) groups is 3. The summed E-state index contributed by atoms with van der Waals surface area (Å²) in [6, 6.07) is 12.7. The van der Waals surface area contributed by atoms with E-state index in [0.29, 0.717) is 30.1 Å². The van der Waals surface area contributed by atoms with Crippen molar-refractivity contribution >= 4 is 52.4 Å². The van der Waals surface area contributed by atoms with Gasteiger partial charge in [0.2, 0.25) is 5.91 Å². The van der Waals surface area contributed by atoms with Crippen LogP contribution in [0.3, 0.4) is 0 Å². The van der Waals surface area contributed by atoms with Gasteiger partial charge in [0.05, 0.1) is 27.6 Å². The molecule has 0 bridgehead atoms. The van der Waals surface area contributed by atoms with E-state index in [9.17, 15) is 14.4 Å². The Labute approximate surface area is 196 Å². The molecule has 2 aromatic rings. The number of hydrogen-bond acceptors (Lipinski definition) is 4. The number of esters is 1. The number of para-hydroxylation sites is 1. The lowest BCUT2D eigenvalue weighted by Gasteiger charge is -2.32. The van der Waals surface area contributed by atoms with Gasteiger partial charge in [-0.05, 0) is 43.0 Å². The molecule has 8 heteroatoms. The number of fused-ring (bicyclic) bond motifs is 1. The topological polar surface area (TPSA) is 75.7 Å². The Hall–Kier alpha value is -2.57. The number of ether oxygens (including phenoxy) is 1. The van der Waals surface area contributed by atoms with Gasteiger partial charge in [-0.25, -0.2) is 0 Å². The molecule has 0 spiro atoms. The summed E-state index contributed by atoms with van der Waals surface area (Å²) in [4.78, 5) is 40.2. The summed E-state index contributed by atoms with van der Waals surface area (Å²) in [5, 5.41) is 3.12. The summed E-state index contributed by atoms with van der Waals surface area (Å²) < 4.78 is 5.30. The zero-order valence-electron chi connectivity index (χ0n) is 17.5. The first-order valence-electron chi connectivity index (χ1n) is 10.8. The first-order valence-corrected chi connectivity index (χ1v) is 11.5. The van der Waals surface area contributed by atoms with Crippen molar-refractivity contribution in [3.63, 3.8) is 0 Å².